The van der Waals surface area contributed by atoms with Crippen molar-refractivity contribution in [1.29, 1.82) is 0 Å². The quantitative estimate of drug-likeness (QED) is 0.756. The van der Waals surface area contributed by atoms with E-state index in [1.165, 1.54) is 0 Å². The summed E-state index contributed by atoms with van der Waals surface area (Å²) in [5.74, 6) is -1.91. The number of hydrogen-bond acceptors (Lipinski definition) is 2. The molecule has 2 N–H and O–H groups in total. The van der Waals surface area contributed by atoms with E-state index in [2.05, 4.69) is 0 Å². The van der Waals surface area contributed by atoms with Crippen LogP contribution in [0, 0.1) is 0 Å². The zero-order valence-electron chi connectivity index (χ0n) is 11.1. The Balaban J connectivity index is 3.16. The van der Waals surface area contributed by atoms with Gasteiger partial charge in [0.1, 0.15) is 0 Å². The topological polar surface area (TPSA) is 74.6 Å². The summed E-state index contributed by atoms with van der Waals surface area (Å²) < 4.78 is 0. The molecule has 0 radical (unpaired) electrons. The second-order valence-electron chi connectivity index (χ2n) is 4.89. The fourth-order valence-corrected chi connectivity index (χ4v) is 2.47. The Labute approximate surface area is 113 Å². The molecule has 0 aliphatic rings. The van der Waals surface area contributed by atoms with Crippen molar-refractivity contribution in [2.75, 3.05) is 0 Å². The lowest BCUT2D eigenvalue weighted by Gasteiger charge is -2.31. The Morgan fingerprint density at radius 1 is 1.05 bits per heavy atom. The number of rotatable bonds is 8. The molecular weight excluding hydrogens is 244 g/mol. The molecule has 4 nitrogen and oxygen atoms in total. The van der Waals surface area contributed by atoms with Gasteiger partial charge in [0.15, 0.2) is 0 Å². The number of carboxylic acid groups (broad SMARTS) is 2. The number of hydrogen-bond donors (Lipinski definition) is 2. The first-order valence-corrected chi connectivity index (χ1v) is 6.49. The number of benzene rings is 1. The van der Waals surface area contributed by atoms with Crippen LogP contribution in [0.4, 0.5) is 0 Å². The van der Waals surface area contributed by atoms with Gasteiger partial charge >= 0.3 is 11.9 Å². The average molecular weight is 264 g/mol. The highest BCUT2D eigenvalue weighted by Gasteiger charge is 2.36. The van der Waals surface area contributed by atoms with Crippen molar-refractivity contribution in [3.63, 3.8) is 0 Å². The summed E-state index contributed by atoms with van der Waals surface area (Å²) in [6.07, 6.45) is 2.00. The zero-order valence-corrected chi connectivity index (χ0v) is 11.1. The van der Waals surface area contributed by atoms with Gasteiger partial charge in [-0.05, 0) is 12.0 Å². The van der Waals surface area contributed by atoms with Gasteiger partial charge in [-0.3, -0.25) is 9.59 Å². The van der Waals surface area contributed by atoms with Crippen LogP contribution in [0.3, 0.4) is 0 Å². The summed E-state index contributed by atoms with van der Waals surface area (Å²) in [4.78, 5) is 22.3. The smallest absolute Gasteiger partial charge is 0.304 e. The maximum atomic E-state index is 11.1. The predicted molar refractivity (Wildman–Crippen MR) is 72.2 cm³/mol. The molecule has 0 aliphatic carbocycles. The van der Waals surface area contributed by atoms with Crippen molar-refractivity contribution in [1.82, 2.24) is 0 Å². The Morgan fingerprint density at radius 2 is 1.58 bits per heavy atom. The monoisotopic (exact) mass is 264 g/mol. The molecule has 4 heteroatoms. The van der Waals surface area contributed by atoms with Gasteiger partial charge in [-0.1, -0.05) is 50.1 Å². The molecular formula is C15H20O4. The minimum Gasteiger partial charge on any atom is -0.481 e. The molecule has 0 atom stereocenters. The fourth-order valence-electron chi connectivity index (χ4n) is 2.47. The van der Waals surface area contributed by atoms with Gasteiger partial charge < -0.3 is 10.2 Å². The van der Waals surface area contributed by atoms with Gasteiger partial charge in [0.25, 0.3) is 0 Å². The third kappa shape index (κ3) is 4.39. The van der Waals surface area contributed by atoms with E-state index in [9.17, 15) is 9.59 Å². The van der Waals surface area contributed by atoms with Crippen molar-refractivity contribution in [2.45, 2.75) is 44.4 Å². The van der Waals surface area contributed by atoms with Gasteiger partial charge in [-0.2, -0.15) is 0 Å². The number of carboxylic acids is 2. The molecule has 0 spiro atoms. The van der Waals surface area contributed by atoms with Crippen LogP contribution in [-0.2, 0) is 15.0 Å². The van der Waals surface area contributed by atoms with E-state index in [4.69, 9.17) is 10.2 Å². The van der Waals surface area contributed by atoms with Crippen LogP contribution in [0.2, 0.25) is 0 Å². The van der Waals surface area contributed by atoms with E-state index < -0.39 is 17.4 Å². The molecule has 1 aromatic carbocycles. The second-order valence-corrected chi connectivity index (χ2v) is 4.89. The lowest BCUT2D eigenvalue weighted by atomic mass is 9.71. The molecule has 0 unspecified atom stereocenters. The summed E-state index contributed by atoms with van der Waals surface area (Å²) in [6, 6.07) is 9.12. The first kappa shape index (κ1) is 15.2. The van der Waals surface area contributed by atoms with E-state index >= 15 is 0 Å². The summed E-state index contributed by atoms with van der Waals surface area (Å²) in [7, 11) is 0. The van der Waals surface area contributed by atoms with Crippen LogP contribution in [0.1, 0.15) is 44.6 Å². The lowest BCUT2D eigenvalue weighted by molar-refractivity contribution is -0.141. The van der Waals surface area contributed by atoms with E-state index in [1.807, 2.05) is 37.3 Å². The number of carbonyl (C=O) groups is 2. The normalized spacial score (nSPS) is 11.2. The first-order chi connectivity index (χ1) is 9.00. The van der Waals surface area contributed by atoms with Gasteiger partial charge in [0.05, 0.1) is 12.8 Å². The van der Waals surface area contributed by atoms with Crippen molar-refractivity contribution in [3.8, 4) is 0 Å². The second kappa shape index (κ2) is 6.92. The maximum Gasteiger partial charge on any atom is 0.304 e. The largest absolute Gasteiger partial charge is 0.481 e. The van der Waals surface area contributed by atoms with Crippen LogP contribution in [0.25, 0.3) is 0 Å². The molecule has 104 valence electrons. The Kier molecular flexibility index (Phi) is 5.55. The molecule has 0 heterocycles. The highest BCUT2D eigenvalue weighted by atomic mass is 16.4. The van der Waals surface area contributed by atoms with Crippen LogP contribution >= 0.6 is 0 Å². The molecule has 0 amide bonds. The van der Waals surface area contributed by atoms with Crippen molar-refractivity contribution in [3.05, 3.63) is 35.9 Å². The highest BCUT2D eigenvalue weighted by molar-refractivity contribution is 5.74. The minimum absolute atomic E-state index is 0.149. The molecule has 0 saturated heterocycles. The zero-order chi connectivity index (χ0) is 14.3. The van der Waals surface area contributed by atoms with E-state index in [0.29, 0.717) is 6.42 Å². The summed E-state index contributed by atoms with van der Waals surface area (Å²) in [5, 5.41) is 18.3. The first-order valence-electron chi connectivity index (χ1n) is 6.49. The molecule has 0 aliphatic heterocycles. The molecule has 0 bridgehead atoms. The maximum absolute atomic E-state index is 11.1. The van der Waals surface area contributed by atoms with Crippen LogP contribution in [-0.4, -0.2) is 22.2 Å². The fraction of sp³-hybridized carbons (Fsp3) is 0.467. The third-order valence-electron chi connectivity index (χ3n) is 3.37. The van der Waals surface area contributed by atoms with E-state index in [-0.39, 0.29) is 12.8 Å². The Bertz CT molecular complexity index is 409. The highest BCUT2D eigenvalue weighted by Crippen LogP contribution is 2.37. The molecule has 0 fully saturated rings. The van der Waals surface area contributed by atoms with Crippen molar-refractivity contribution < 1.29 is 19.8 Å². The Hall–Kier alpha value is -1.84. The molecule has 1 aromatic rings. The Morgan fingerprint density at radius 3 is 2.00 bits per heavy atom. The molecule has 0 saturated carbocycles. The molecule has 0 aromatic heterocycles. The van der Waals surface area contributed by atoms with E-state index in [0.717, 1.165) is 18.4 Å². The summed E-state index contributed by atoms with van der Waals surface area (Å²) in [5.41, 5.74) is -0.0113. The van der Waals surface area contributed by atoms with Gasteiger partial charge in [0, 0.05) is 5.41 Å². The molecule has 19 heavy (non-hydrogen) atoms. The lowest BCUT2D eigenvalue weighted by Crippen LogP contribution is -2.32. The van der Waals surface area contributed by atoms with Crippen molar-refractivity contribution in [2.24, 2.45) is 0 Å². The number of aliphatic carboxylic acids is 2. The molecule has 1 rings (SSSR count). The van der Waals surface area contributed by atoms with Crippen molar-refractivity contribution >= 4 is 11.9 Å². The van der Waals surface area contributed by atoms with Crippen LogP contribution in [0.5, 0.6) is 0 Å². The standard InChI is InChI=1S/C15H20O4/c1-2-3-9-15(10-13(16)17,11-14(18)19)12-7-5-4-6-8-12/h4-8H,2-3,9-11H2,1H3,(H,16,17)(H,18,19). The van der Waals surface area contributed by atoms with Gasteiger partial charge in [0.2, 0.25) is 0 Å². The minimum atomic E-state index is -0.957. The number of unbranched alkanes of at least 4 members (excludes halogenated alkanes) is 1. The summed E-state index contributed by atoms with van der Waals surface area (Å²) in [6.45, 7) is 2.01. The third-order valence-corrected chi connectivity index (χ3v) is 3.37. The van der Waals surface area contributed by atoms with Crippen LogP contribution < -0.4 is 0 Å². The van der Waals surface area contributed by atoms with E-state index in [1.54, 1.807) is 0 Å². The average Bonchev–Trinajstić information content (AvgIpc) is 2.35. The summed E-state index contributed by atoms with van der Waals surface area (Å²) >= 11 is 0. The SMILES string of the molecule is CCCCC(CC(=O)O)(CC(=O)O)c1ccccc1. The predicted octanol–water partition coefficient (Wildman–Crippen LogP) is 3.06. The van der Waals surface area contributed by atoms with Gasteiger partial charge in [-0.15, -0.1) is 0 Å². The van der Waals surface area contributed by atoms with Crippen LogP contribution in [0.15, 0.2) is 30.3 Å². The van der Waals surface area contributed by atoms with Gasteiger partial charge in [-0.25, -0.2) is 0 Å².